The number of aromatic nitrogens is 3. The number of carbonyl (C=O) groups is 1. The number of hydrogen-bond acceptors (Lipinski definition) is 3. The molecule has 0 saturated carbocycles. The van der Waals surface area contributed by atoms with Gasteiger partial charge in [-0.25, -0.2) is 9.37 Å². The van der Waals surface area contributed by atoms with Gasteiger partial charge < -0.3 is 9.88 Å². The van der Waals surface area contributed by atoms with E-state index in [0.717, 1.165) is 36.3 Å². The molecule has 1 aliphatic rings. The summed E-state index contributed by atoms with van der Waals surface area (Å²) >= 11 is 0. The minimum absolute atomic E-state index is 0.127. The second-order valence-corrected chi connectivity index (χ2v) is 8.81. The normalized spacial score (nSPS) is 16.3. The zero-order chi connectivity index (χ0) is 22.8. The second-order valence-electron chi connectivity index (χ2n) is 8.81. The van der Waals surface area contributed by atoms with Crippen molar-refractivity contribution < 1.29 is 9.18 Å². The highest BCUT2D eigenvalue weighted by molar-refractivity contribution is 5.77. The lowest BCUT2D eigenvalue weighted by molar-refractivity contribution is -0.132. The van der Waals surface area contributed by atoms with Crippen LogP contribution in [0, 0.1) is 12.7 Å². The Labute approximate surface area is 192 Å². The molecule has 1 fully saturated rings. The highest BCUT2D eigenvalue weighted by Crippen LogP contribution is 2.30. The maximum Gasteiger partial charge on any atom is 0.223 e. The molecule has 2 aromatic carbocycles. The van der Waals surface area contributed by atoms with Crippen molar-refractivity contribution in [3.8, 4) is 11.1 Å². The average Bonchev–Trinajstić information content (AvgIpc) is 3.25. The van der Waals surface area contributed by atoms with Gasteiger partial charge in [-0.15, -0.1) is 0 Å². The molecule has 0 aliphatic carbocycles. The van der Waals surface area contributed by atoms with Crippen LogP contribution in [-0.2, 0) is 11.2 Å². The Morgan fingerprint density at radius 1 is 1.09 bits per heavy atom. The first-order valence-corrected chi connectivity index (χ1v) is 11.5. The number of pyridine rings is 1. The van der Waals surface area contributed by atoms with Gasteiger partial charge in [-0.2, -0.15) is 0 Å². The Bertz CT molecular complexity index is 1280. The lowest BCUT2D eigenvalue weighted by atomic mass is 9.92. The van der Waals surface area contributed by atoms with Crippen molar-refractivity contribution in [2.45, 2.75) is 38.5 Å². The molecule has 1 N–H and O–H groups in total. The van der Waals surface area contributed by atoms with Crippen LogP contribution in [0.1, 0.15) is 42.4 Å². The molecule has 2 aromatic heterocycles. The van der Waals surface area contributed by atoms with Crippen molar-refractivity contribution in [3.05, 3.63) is 83.7 Å². The molecule has 1 saturated heterocycles. The lowest BCUT2D eigenvalue weighted by Gasteiger charge is -2.33. The van der Waals surface area contributed by atoms with Gasteiger partial charge in [0.15, 0.2) is 0 Å². The fraction of sp³-hybridized carbons (Fsp3) is 0.296. The predicted molar refractivity (Wildman–Crippen MR) is 127 cm³/mol. The van der Waals surface area contributed by atoms with Crippen molar-refractivity contribution in [2.24, 2.45) is 0 Å². The Hall–Kier alpha value is -3.54. The smallest absolute Gasteiger partial charge is 0.223 e. The summed E-state index contributed by atoms with van der Waals surface area (Å²) in [5.74, 6) is 0.778. The summed E-state index contributed by atoms with van der Waals surface area (Å²) in [6, 6.07) is 19.1. The van der Waals surface area contributed by atoms with Gasteiger partial charge in [0.2, 0.25) is 5.91 Å². The molecule has 0 bridgehead atoms. The molecule has 0 radical (unpaired) electrons. The first-order chi connectivity index (χ1) is 16.0. The number of rotatable bonds is 5. The van der Waals surface area contributed by atoms with Gasteiger partial charge in [-0.3, -0.25) is 9.78 Å². The van der Waals surface area contributed by atoms with Gasteiger partial charge in [0.1, 0.15) is 11.6 Å². The van der Waals surface area contributed by atoms with Crippen LogP contribution in [-0.4, -0.2) is 38.8 Å². The summed E-state index contributed by atoms with van der Waals surface area (Å²) in [6.45, 7) is 3.49. The summed E-state index contributed by atoms with van der Waals surface area (Å²) in [5, 5.41) is 0. The highest BCUT2D eigenvalue weighted by atomic mass is 19.1. The maximum absolute atomic E-state index is 13.4. The monoisotopic (exact) mass is 442 g/mol. The summed E-state index contributed by atoms with van der Waals surface area (Å²) in [6.07, 6.45) is 2.89. The number of imidazole rings is 1. The van der Waals surface area contributed by atoms with Gasteiger partial charge in [0.25, 0.3) is 0 Å². The quantitative estimate of drug-likeness (QED) is 0.449. The molecule has 4 aromatic rings. The number of H-pyrrole nitrogens is 1. The standard InChI is InChI=1S/C27H27FN4O/c1-18-14-21(19-6-3-2-4-7-19)15-24(29-18)20-8-5-13-32(17-20)27(33)12-11-26-30-23-10-9-22(28)16-25(23)31-26/h2-4,6-7,9-10,14-16,20H,5,8,11-13,17H2,1H3,(H,30,31). The number of benzene rings is 2. The minimum atomic E-state index is -0.298. The van der Waals surface area contributed by atoms with E-state index in [4.69, 9.17) is 4.98 Å². The summed E-state index contributed by atoms with van der Waals surface area (Å²) in [5.41, 5.74) is 5.79. The Morgan fingerprint density at radius 3 is 2.79 bits per heavy atom. The van der Waals surface area contributed by atoms with E-state index in [2.05, 4.69) is 34.2 Å². The van der Waals surface area contributed by atoms with E-state index < -0.39 is 0 Å². The zero-order valence-corrected chi connectivity index (χ0v) is 18.7. The molecule has 1 unspecified atom stereocenters. The summed E-state index contributed by atoms with van der Waals surface area (Å²) in [4.78, 5) is 27.4. The Kier molecular flexibility index (Phi) is 5.90. The molecule has 168 valence electrons. The zero-order valence-electron chi connectivity index (χ0n) is 18.7. The van der Waals surface area contributed by atoms with Crippen LogP contribution in [0.15, 0.2) is 60.7 Å². The van der Waals surface area contributed by atoms with Crippen LogP contribution in [0.3, 0.4) is 0 Å². The van der Waals surface area contributed by atoms with Crippen molar-refractivity contribution in [1.82, 2.24) is 19.9 Å². The van der Waals surface area contributed by atoms with Gasteiger partial charge in [-0.1, -0.05) is 30.3 Å². The van der Waals surface area contributed by atoms with E-state index in [1.165, 1.54) is 23.3 Å². The number of fused-ring (bicyclic) bond motifs is 1. The molecule has 1 atom stereocenters. The van der Waals surface area contributed by atoms with Crippen LogP contribution in [0.4, 0.5) is 4.39 Å². The number of aromatic amines is 1. The average molecular weight is 443 g/mol. The first kappa shape index (κ1) is 21.3. The topological polar surface area (TPSA) is 61.9 Å². The fourth-order valence-electron chi connectivity index (χ4n) is 4.68. The van der Waals surface area contributed by atoms with E-state index in [-0.39, 0.29) is 17.6 Å². The molecule has 6 heteroatoms. The van der Waals surface area contributed by atoms with E-state index in [1.807, 2.05) is 30.0 Å². The molecule has 5 nitrogen and oxygen atoms in total. The van der Waals surface area contributed by atoms with E-state index in [0.29, 0.717) is 30.7 Å². The van der Waals surface area contributed by atoms with Crippen LogP contribution in [0.2, 0.25) is 0 Å². The molecule has 5 rings (SSSR count). The van der Waals surface area contributed by atoms with E-state index in [1.54, 1.807) is 6.07 Å². The molecule has 1 amide bonds. The molecule has 1 aliphatic heterocycles. The third-order valence-corrected chi connectivity index (χ3v) is 6.34. The van der Waals surface area contributed by atoms with Crippen LogP contribution in [0.25, 0.3) is 22.2 Å². The molecular weight excluding hydrogens is 415 g/mol. The third-order valence-electron chi connectivity index (χ3n) is 6.34. The SMILES string of the molecule is Cc1cc(-c2ccccc2)cc(C2CCCN(C(=O)CCc3nc4ccc(F)cc4[nH]3)C2)n1. The summed E-state index contributed by atoms with van der Waals surface area (Å²) in [7, 11) is 0. The number of nitrogens with one attached hydrogen (secondary N) is 1. The number of carbonyl (C=O) groups excluding carboxylic acids is 1. The van der Waals surface area contributed by atoms with Crippen LogP contribution in [0.5, 0.6) is 0 Å². The van der Waals surface area contributed by atoms with E-state index in [9.17, 15) is 9.18 Å². The van der Waals surface area contributed by atoms with Crippen molar-refractivity contribution >= 4 is 16.9 Å². The number of piperidine rings is 1. The van der Waals surface area contributed by atoms with Crippen LogP contribution < -0.4 is 0 Å². The number of halogens is 1. The number of amides is 1. The number of aryl methyl sites for hydroxylation is 2. The molecule has 3 heterocycles. The lowest BCUT2D eigenvalue weighted by Crippen LogP contribution is -2.39. The second kappa shape index (κ2) is 9.14. The summed E-state index contributed by atoms with van der Waals surface area (Å²) < 4.78 is 13.4. The fourth-order valence-corrected chi connectivity index (χ4v) is 4.68. The third kappa shape index (κ3) is 4.80. The first-order valence-electron chi connectivity index (χ1n) is 11.5. The number of likely N-dealkylation sites (tertiary alicyclic amines) is 1. The predicted octanol–water partition coefficient (Wildman–Crippen LogP) is 5.41. The Morgan fingerprint density at radius 2 is 1.94 bits per heavy atom. The highest BCUT2D eigenvalue weighted by Gasteiger charge is 2.26. The van der Waals surface area contributed by atoms with Crippen molar-refractivity contribution in [1.29, 1.82) is 0 Å². The van der Waals surface area contributed by atoms with Crippen molar-refractivity contribution in [3.63, 3.8) is 0 Å². The van der Waals surface area contributed by atoms with Gasteiger partial charge in [0.05, 0.1) is 11.0 Å². The van der Waals surface area contributed by atoms with Crippen LogP contribution >= 0.6 is 0 Å². The number of hydrogen-bond donors (Lipinski definition) is 1. The minimum Gasteiger partial charge on any atom is -0.342 e. The Balaban J connectivity index is 1.26. The maximum atomic E-state index is 13.4. The van der Waals surface area contributed by atoms with E-state index >= 15 is 0 Å². The number of nitrogens with zero attached hydrogens (tertiary/aromatic N) is 3. The largest absolute Gasteiger partial charge is 0.342 e. The van der Waals surface area contributed by atoms with Gasteiger partial charge in [-0.05, 0) is 61.2 Å². The van der Waals surface area contributed by atoms with Gasteiger partial charge >= 0.3 is 0 Å². The molecule has 33 heavy (non-hydrogen) atoms. The molecular formula is C27H27FN4O. The van der Waals surface area contributed by atoms with Gasteiger partial charge in [0, 0.05) is 43.2 Å². The molecule has 0 spiro atoms. The van der Waals surface area contributed by atoms with Crippen molar-refractivity contribution in [2.75, 3.05) is 13.1 Å².